The number of ether oxygens (including phenoxy) is 2. The van der Waals surface area contributed by atoms with Crippen molar-refractivity contribution in [3.63, 3.8) is 0 Å². The smallest absolute Gasteiger partial charge is 0.303 e. The van der Waals surface area contributed by atoms with Crippen molar-refractivity contribution < 1.29 is 19.4 Å². The molecule has 1 aromatic heterocycles. The average molecular weight is 339 g/mol. The van der Waals surface area contributed by atoms with E-state index in [1.807, 2.05) is 18.2 Å². The highest BCUT2D eigenvalue weighted by atomic mass is 79.9. The maximum Gasteiger partial charge on any atom is 0.303 e. The van der Waals surface area contributed by atoms with Gasteiger partial charge >= 0.3 is 5.97 Å². The Hall–Kier alpha value is -2.02. The Balaban J connectivity index is 1.89. The number of aliphatic carboxylic acids is 1. The van der Waals surface area contributed by atoms with E-state index in [1.54, 1.807) is 0 Å². The van der Waals surface area contributed by atoms with Gasteiger partial charge in [-0.1, -0.05) is 0 Å². The number of carbonyl (C=O) groups is 1. The molecule has 0 atom stereocenters. The number of H-pyrrole nitrogens is 1. The van der Waals surface area contributed by atoms with Gasteiger partial charge in [-0.05, 0) is 34.1 Å². The predicted molar refractivity (Wildman–Crippen MR) is 73.8 cm³/mol. The molecule has 20 heavy (non-hydrogen) atoms. The van der Waals surface area contributed by atoms with Crippen LogP contribution in [0, 0.1) is 0 Å². The molecule has 7 heteroatoms. The molecule has 0 saturated heterocycles. The fourth-order valence-corrected chi connectivity index (χ4v) is 2.60. The SMILES string of the molecule is O=C(O)CCc1[nH]nc(-c2ccc3c(c2)OCO3)c1Br. The molecule has 2 heterocycles. The third-order valence-corrected chi connectivity index (χ3v) is 3.86. The molecule has 0 bridgehead atoms. The number of hydrogen-bond donors (Lipinski definition) is 2. The maximum absolute atomic E-state index is 10.6. The van der Waals surface area contributed by atoms with Gasteiger partial charge in [-0.25, -0.2) is 0 Å². The molecule has 6 nitrogen and oxygen atoms in total. The fraction of sp³-hybridized carbons (Fsp3) is 0.231. The number of carboxylic acid groups (broad SMARTS) is 1. The Kier molecular flexibility index (Phi) is 3.35. The van der Waals surface area contributed by atoms with Crippen LogP contribution >= 0.6 is 15.9 Å². The number of fused-ring (bicyclic) bond motifs is 1. The van der Waals surface area contributed by atoms with E-state index in [1.165, 1.54) is 0 Å². The van der Waals surface area contributed by atoms with Gasteiger partial charge in [0.2, 0.25) is 6.79 Å². The zero-order valence-corrected chi connectivity index (χ0v) is 11.9. The minimum Gasteiger partial charge on any atom is -0.481 e. The van der Waals surface area contributed by atoms with E-state index in [9.17, 15) is 4.79 Å². The summed E-state index contributed by atoms with van der Waals surface area (Å²) in [5, 5.41) is 15.8. The molecule has 0 spiro atoms. The molecule has 2 N–H and O–H groups in total. The van der Waals surface area contributed by atoms with Crippen molar-refractivity contribution >= 4 is 21.9 Å². The van der Waals surface area contributed by atoms with Crippen molar-refractivity contribution in [3.05, 3.63) is 28.4 Å². The van der Waals surface area contributed by atoms with Gasteiger partial charge in [0, 0.05) is 12.0 Å². The number of aromatic amines is 1. The Morgan fingerprint density at radius 1 is 1.40 bits per heavy atom. The summed E-state index contributed by atoms with van der Waals surface area (Å²) in [6.07, 6.45) is 0.453. The molecule has 1 aliphatic heterocycles. The topological polar surface area (TPSA) is 84.4 Å². The first-order valence-electron chi connectivity index (χ1n) is 5.99. The second-order valence-corrected chi connectivity index (χ2v) is 5.12. The number of halogens is 1. The minimum atomic E-state index is -0.837. The third kappa shape index (κ3) is 2.36. The second-order valence-electron chi connectivity index (χ2n) is 4.33. The average Bonchev–Trinajstić information content (AvgIpc) is 3.02. The molecule has 1 aromatic carbocycles. The van der Waals surface area contributed by atoms with Crippen LogP contribution in [0.1, 0.15) is 12.1 Å². The van der Waals surface area contributed by atoms with Gasteiger partial charge in [0.1, 0.15) is 5.69 Å². The summed E-state index contributed by atoms with van der Waals surface area (Å²) >= 11 is 3.46. The lowest BCUT2D eigenvalue weighted by Crippen LogP contribution is -1.98. The van der Waals surface area contributed by atoms with Crippen LogP contribution in [-0.2, 0) is 11.2 Å². The van der Waals surface area contributed by atoms with Crippen molar-refractivity contribution in [2.24, 2.45) is 0 Å². The van der Waals surface area contributed by atoms with Crippen LogP contribution in [0.25, 0.3) is 11.3 Å². The van der Waals surface area contributed by atoms with E-state index < -0.39 is 5.97 Å². The van der Waals surface area contributed by atoms with Crippen molar-refractivity contribution in [2.45, 2.75) is 12.8 Å². The number of nitrogens with one attached hydrogen (secondary N) is 1. The molecule has 0 radical (unpaired) electrons. The lowest BCUT2D eigenvalue weighted by atomic mass is 10.1. The van der Waals surface area contributed by atoms with Gasteiger partial charge in [-0.15, -0.1) is 0 Å². The molecule has 0 fully saturated rings. The van der Waals surface area contributed by atoms with Gasteiger partial charge in [-0.2, -0.15) is 5.10 Å². The summed E-state index contributed by atoms with van der Waals surface area (Å²) in [5.41, 5.74) is 2.36. The number of benzene rings is 1. The lowest BCUT2D eigenvalue weighted by Gasteiger charge is -2.01. The van der Waals surface area contributed by atoms with E-state index in [2.05, 4.69) is 26.1 Å². The zero-order chi connectivity index (χ0) is 14.1. The highest BCUT2D eigenvalue weighted by Crippen LogP contribution is 2.37. The van der Waals surface area contributed by atoms with E-state index >= 15 is 0 Å². The van der Waals surface area contributed by atoms with E-state index in [-0.39, 0.29) is 13.2 Å². The van der Waals surface area contributed by atoms with Crippen molar-refractivity contribution in [1.29, 1.82) is 0 Å². The number of rotatable bonds is 4. The maximum atomic E-state index is 10.6. The summed E-state index contributed by atoms with van der Waals surface area (Å²) in [6.45, 7) is 0.227. The number of hydrogen-bond acceptors (Lipinski definition) is 4. The molecule has 0 unspecified atom stereocenters. The molecular formula is C13H11BrN2O4. The van der Waals surface area contributed by atoms with Crippen LogP contribution < -0.4 is 9.47 Å². The van der Waals surface area contributed by atoms with Gasteiger partial charge in [0.15, 0.2) is 11.5 Å². The predicted octanol–water partition coefficient (Wildman–Crippen LogP) is 2.59. The number of carboxylic acids is 1. The van der Waals surface area contributed by atoms with Gasteiger partial charge in [0.05, 0.1) is 16.6 Å². The van der Waals surface area contributed by atoms with Crippen molar-refractivity contribution in [3.8, 4) is 22.8 Å². The molecule has 0 saturated carbocycles. The highest BCUT2D eigenvalue weighted by Gasteiger charge is 2.18. The van der Waals surface area contributed by atoms with Crippen LogP contribution in [0.2, 0.25) is 0 Å². The van der Waals surface area contributed by atoms with Crippen LogP contribution in [-0.4, -0.2) is 28.1 Å². The number of aromatic nitrogens is 2. The van der Waals surface area contributed by atoms with E-state index in [0.29, 0.717) is 17.9 Å². The first kappa shape index (κ1) is 13.0. The normalized spacial score (nSPS) is 12.7. The Bertz CT molecular complexity index is 668. The van der Waals surface area contributed by atoms with Gasteiger partial charge < -0.3 is 14.6 Å². The van der Waals surface area contributed by atoms with Crippen molar-refractivity contribution in [1.82, 2.24) is 10.2 Å². The summed E-state index contributed by atoms with van der Waals surface area (Å²) in [7, 11) is 0. The van der Waals surface area contributed by atoms with Crippen LogP contribution in [0.4, 0.5) is 0 Å². The Morgan fingerprint density at radius 3 is 3.00 bits per heavy atom. The molecule has 2 aromatic rings. The van der Waals surface area contributed by atoms with E-state index in [4.69, 9.17) is 14.6 Å². The largest absolute Gasteiger partial charge is 0.481 e. The quantitative estimate of drug-likeness (QED) is 0.894. The van der Waals surface area contributed by atoms with E-state index in [0.717, 1.165) is 21.4 Å². The summed E-state index contributed by atoms with van der Waals surface area (Å²) in [5.74, 6) is 0.562. The Labute approximate surface area is 122 Å². The first-order chi connectivity index (χ1) is 9.65. The zero-order valence-electron chi connectivity index (χ0n) is 10.4. The third-order valence-electron chi connectivity index (χ3n) is 3.01. The summed E-state index contributed by atoms with van der Waals surface area (Å²) in [6, 6.07) is 5.56. The molecule has 3 rings (SSSR count). The first-order valence-corrected chi connectivity index (χ1v) is 6.79. The van der Waals surface area contributed by atoms with Crippen LogP contribution in [0.3, 0.4) is 0 Å². The summed E-state index contributed by atoms with van der Waals surface area (Å²) < 4.78 is 11.4. The lowest BCUT2D eigenvalue weighted by molar-refractivity contribution is -0.136. The van der Waals surface area contributed by atoms with Gasteiger partial charge in [0.25, 0.3) is 0 Å². The van der Waals surface area contributed by atoms with Crippen LogP contribution in [0.5, 0.6) is 11.5 Å². The van der Waals surface area contributed by atoms with Crippen LogP contribution in [0.15, 0.2) is 22.7 Å². The minimum absolute atomic E-state index is 0.0569. The Morgan fingerprint density at radius 2 is 2.20 bits per heavy atom. The molecule has 104 valence electrons. The van der Waals surface area contributed by atoms with Crippen molar-refractivity contribution in [2.75, 3.05) is 6.79 Å². The highest BCUT2D eigenvalue weighted by molar-refractivity contribution is 9.10. The second kappa shape index (κ2) is 5.16. The number of aryl methyl sites for hydroxylation is 1. The fourth-order valence-electron chi connectivity index (χ4n) is 2.00. The number of nitrogens with zero attached hydrogens (tertiary/aromatic N) is 1. The molecule has 1 aliphatic rings. The van der Waals surface area contributed by atoms with Gasteiger partial charge in [-0.3, -0.25) is 9.89 Å². The standard InChI is InChI=1S/C13H11BrN2O4/c14-12-8(2-4-11(17)18)15-16-13(12)7-1-3-9-10(5-7)20-6-19-9/h1,3,5H,2,4,6H2,(H,15,16)(H,17,18). The monoisotopic (exact) mass is 338 g/mol. The molecule has 0 amide bonds. The molecule has 0 aliphatic carbocycles. The summed E-state index contributed by atoms with van der Waals surface area (Å²) in [4.78, 5) is 10.6. The molecular weight excluding hydrogens is 328 g/mol.